The van der Waals surface area contributed by atoms with Gasteiger partial charge >= 0.3 is 0 Å². The first kappa shape index (κ1) is 17.5. The first-order chi connectivity index (χ1) is 10.0. The summed E-state index contributed by atoms with van der Waals surface area (Å²) in [5.74, 6) is 0.846. The van der Waals surface area contributed by atoms with E-state index < -0.39 is 5.41 Å². The number of nitrogens with zero attached hydrogens (tertiary/aromatic N) is 1. The van der Waals surface area contributed by atoms with Crippen LogP contribution in [0.3, 0.4) is 0 Å². The molecule has 1 aromatic rings. The number of hydrogen-bond acceptors (Lipinski definition) is 3. The Morgan fingerprint density at radius 1 is 1.29 bits per heavy atom. The van der Waals surface area contributed by atoms with Gasteiger partial charge in [0.2, 0.25) is 5.91 Å². The molecule has 21 heavy (non-hydrogen) atoms. The third-order valence-corrected chi connectivity index (χ3v) is 4.05. The van der Waals surface area contributed by atoms with E-state index >= 15 is 0 Å². The maximum Gasteiger partial charge on any atom is 0.234 e. The van der Waals surface area contributed by atoms with Crippen LogP contribution in [-0.4, -0.2) is 26.6 Å². The molecule has 0 spiro atoms. The molecule has 0 atom stereocenters. The number of anilines is 1. The summed E-state index contributed by atoms with van der Waals surface area (Å²) in [4.78, 5) is 14.7. The summed E-state index contributed by atoms with van der Waals surface area (Å²) in [5.41, 5.74) is 6.36. The molecule has 0 aromatic heterocycles. The van der Waals surface area contributed by atoms with E-state index in [1.807, 2.05) is 31.3 Å². The van der Waals surface area contributed by atoms with Crippen molar-refractivity contribution in [2.75, 3.05) is 25.6 Å². The Bertz CT molecular complexity index is 454. The van der Waals surface area contributed by atoms with E-state index in [9.17, 15) is 4.79 Å². The van der Waals surface area contributed by atoms with E-state index in [4.69, 9.17) is 10.5 Å². The molecular formula is C17H28N2O2. The lowest BCUT2D eigenvalue weighted by molar-refractivity contribution is -0.128. The Morgan fingerprint density at radius 3 is 2.38 bits per heavy atom. The van der Waals surface area contributed by atoms with Crippen LogP contribution in [0.4, 0.5) is 5.69 Å². The first-order valence-corrected chi connectivity index (χ1v) is 7.67. The van der Waals surface area contributed by atoms with Crippen molar-refractivity contribution in [1.82, 2.24) is 0 Å². The molecule has 1 aromatic carbocycles. The summed E-state index contributed by atoms with van der Waals surface area (Å²) >= 11 is 0. The van der Waals surface area contributed by atoms with Crippen molar-refractivity contribution in [3.8, 4) is 5.75 Å². The summed E-state index contributed by atoms with van der Waals surface area (Å²) in [5, 5.41) is 0. The van der Waals surface area contributed by atoms with Crippen LogP contribution in [-0.2, 0) is 4.79 Å². The minimum atomic E-state index is -0.457. The van der Waals surface area contributed by atoms with E-state index in [-0.39, 0.29) is 5.91 Å². The van der Waals surface area contributed by atoms with Crippen LogP contribution >= 0.6 is 0 Å². The van der Waals surface area contributed by atoms with Gasteiger partial charge in [-0.15, -0.1) is 0 Å². The molecule has 0 aliphatic heterocycles. The third kappa shape index (κ3) is 3.97. The van der Waals surface area contributed by atoms with Crippen LogP contribution in [0.2, 0.25) is 0 Å². The van der Waals surface area contributed by atoms with Gasteiger partial charge in [0, 0.05) is 25.3 Å². The van der Waals surface area contributed by atoms with Gasteiger partial charge < -0.3 is 15.4 Å². The van der Waals surface area contributed by atoms with Crippen molar-refractivity contribution in [1.29, 1.82) is 0 Å². The van der Waals surface area contributed by atoms with Crippen molar-refractivity contribution in [3.63, 3.8) is 0 Å². The minimum absolute atomic E-state index is 0.0990. The maximum absolute atomic E-state index is 13.0. The van der Waals surface area contributed by atoms with E-state index in [1.165, 1.54) is 0 Å². The van der Waals surface area contributed by atoms with Gasteiger partial charge in [0.1, 0.15) is 5.75 Å². The Hall–Kier alpha value is -1.55. The standard InChI is InChI=1S/C17H28N2O2/c1-5-10-17(13-18,11-6-2)16(20)19(3)14-8-7-9-15(12-14)21-4/h7-9,12H,5-6,10-11,13,18H2,1-4H3. The number of nitrogens with two attached hydrogens (primary N) is 1. The highest BCUT2D eigenvalue weighted by Gasteiger charge is 2.37. The lowest BCUT2D eigenvalue weighted by atomic mass is 9.78. The highest BCUT2D eigenvalue weighted by Crippen LogP contribution is 2.33. The molecule has 0 unspecified atom stereocenters. The fraction of sp³-hybridized carbons (Fsp3) is 0.588. The monoisotopic (exact) mass is 292 g/mol. The molecule has 4 heteroatoms. The Morgan fingerprint density at radius 2 is 1.90 bits per heavy atom. The zero-order valence-corrected chi connectivity index (χ0v) is 13.7. The lowest BCUT2D eigenvalue weighted by Gasteiger charge is -2.35. The minimum Gasteiger partial charge on any atom is -0.497 e. The summed E-state index contributed by atoms with van der Waals surface area (Å²) in [6.45, 7) is 4.58. The number of benzene rings is 1. The van der Waals surface area contributed by atoms with Gasteiger partial charge in [-0.3, -0.25) is 4.79 Å². The second-order valence-corrected chi connectivity index (χ2v) is 5.55. The summed E-state index contributed by atoms with van der Waals surface area (Å²) in [6, 6.07) is 7.55. The molecule has 0 aliphatic carbocycles. The van der Waals surface area contributed by atoms with Crippen LogP contribution in [0, 0.1) is 5.41 Å². The van der Waals surface area contributed by atoms with Crippen LogP contribution in [0.5, 0.6) is 5.75 Å². The van der Waals surface area contributed by atoms with Crippen LogP contribution in [0.1, 0.15) is 39.5 Å². The predicted octanol–water partition coefficient (Wildman–Crippen LogP) is 3.20. The van der Waals surface area contributed by atoms with E-state index in [0.29, 0.717) is 6.54 Å². The Kier molecular flexibility index (Phi) is 6.69. The third-order valence-electron chi connectivity index (χ3n) is 4.05. The smallest absolute Gasteiger partial charge is 0.234 e. The molecule has 2 N–H and O–H groups in total. The van der Waals surface area contributed by atoms with Crippen LogP contribution in [0.15, 0.2) is 24.3 Å². The topological polar surface area (TPSA) is 55.6 Å². The highest BCUT2D eigenvalue weighted by atomic mass is 16.5. The molecule has 118 valence electrons. The molecule has 0 saturated heterocycles. The fourth-order valence-corrected chi connectivity index (χ4v) is 2.88. The normalized spacial score (nSPS) is 11.3. The Balaban J connectivity index is 3.06. The van der Waals surface area contributed by atoms with E-state index in [0.717, 1.165) is 37.1 Å². The number of hydrogen-bond donors (Lipinski definition) is 1. The molecule has 0 heterocycles. The number of rotatable bonds is 8. The number of ether oxygens (including phenoxy) is 1. The van der Waals surface area contributed by atoms with E-state index in [2.05, 4.69) is 13.8 Å². The van der Waals surface area contributed by atoms with Crippen molar-refractivity contribution in [2.45, 2.75) is 39.5 Å². The molecule has 0 radical (unpaired) electrons. The average Bonchev–Trinajstić information content (AvgIpc) is 2.53. The molecule has 0 bridgehead atoms. The van der Waals surface area contributed by atoms with Gasteiger partial charge in [0.15, 0.2) is 0 Å². The second kappa shape index (κ2) is 8.03. The maximum atomic E-state index is 13.0. The molecule has 1 amide bonds. The van der Waals surface area contributed by atoms with Gasteiger partial charge in [-0.05, 0) is 25.0 Å². The van der Waals surface area contributed by atoms with Gasteiger partial charge in [0.05, 0.1) is 12.5 Å². The highest BCUT2D eigenvalue weighted by molar-refractivity contribution is 5.97. The number of amides is 1. The van der Waals surface area contributed by atoms with Gasteiger partial charge in [-0.2, -0.15) is 0 Å². The second-order valence-electron chi connectivity index (χ2n) is 5.55. The van der Waals surface area contributed by atoms with Crippen LogP contribution < -0.4 is 15.4 Å². The van der Waals surface area contributed by atoms with Gasteiger partial charge in [-0.1, -0.05) is 32.8 Å². The predicted molar refractivity (Wildman–Crippen MR) is 87.7 cm³/mol. The summed E-state index contributed by atoms with van der Waals surface area (Å²) in [6.07, 6.45) is 3.55. The molecule has 1 rings (SSSR count). The lowest BCUT2D eigenvalue weighted by Crippen LogP contribution is -2.47. The van der Waals surface area contributed by atoms with Crippen molar-refractivity contribution in [3.05, 3.63) is 24.3 Å². The van der Waals surface area contributed by atoms with Crippen LogP contribution in [0.25, 0.3) is 0 Å². The quantitative estimate of drug-likeness (QED) is 0.800. The molecule has 0 fully saturated rings. The number of methoxy groups -OCH3 is 1. The van der Waals surface area contributed by atoms with E-state index in [1.54, 1.807) is 12.0 Å². The van der Waals surface area contributed by atoms with Crippen molar-refractivity contribution < 1.29 is 9.53 Å². The van der Waals surface area contributed by atoms with Crippen molar-refractivity contribution >= 4 is 11.6 Å². The number of carbonyl (C=O) groups is 1. The zero-order chi connectivity index (χ0) is 15.9. The summed E-state index contributed by atoms with van der Waals surface area (Å²) < 4.78 is 5.23. The summed E-state index contributed by atoms with van der Waals surface area (Å²) in [7, 11) is 3.44. The van der Waals surface area contributed by atoms with Gasteiger partial charge in [0.25, 0.3) is 0 Å². The molecule has 0 saturated carbocycles. The van der Waals surface area contributed by atoms with Gasteiger partial charge in [-0.25, -0.2) is 0 Å². The average molecular weight is 292 g/mol. The molecular weight excluding hydrogens is 264 g/mol. The zero-order valence-electron chi connectivity index (χ0n) is 13.7. The Labute approximate surface area is 128 Å². The SMILES string of the molecule is CCCC(CN)(CCC)C(=O)N(C)c1cccc(OC)c1. The molecule has 4 nitrogen and oxygen atoms in total. The first-order valence-electron chi connectivity index (χ1n) is 7.67. The molecule has 0 aliphatic rings. The largest absolute Gasteiger partial charge is 0.497 e. The number of carbonyl (C=O) groups excluding carboxylic acids is 1. The van der Waals surface area contributed by atoms with Crippen molar-refractivity contribution in [2.24, 2.45) is 11.1 Å². The fourth-order valence-electron chi connectivity index (χ4n) is 2.88.